The Morgan fingerprint density at radius 1 is 0.554 bits per heavy atom. The average molecular weight is 812 g/mol. The topological polar surface area (TPSA) is 111 Å². The average Bonchev–Trinajstić information content (AvgIpc) is 3.15. The summed E-state index contributed by atoms with van der Waals surface area (Å²) in [6, 6.07) is 0. The van der Waals surface area contributed by atoms with Crippen LogP contribution in [0, 0.1) is 0 Å². The fourth-order valence-corrected chi connectivity index (χ4v) is 6.76. The lowest BCUT2D eigenvalue weighted by Crippen LogP contribution is -2.37. The molecule has 0 aromatic rings. The monoisotopic (exact) mass is 812 g/mol. The molecular weight excluding hydrogens is 725 g/mol. The largest absolute Gasteiger partial charge is 0.756 e. The van der Waals surface area contributed by atoms with Gasteiger partial charge in [0.2, 0.25) is 0 Å². The van der Waals surface area contributed by atoms with Gasteiger partial charge in [-0.1, -0.05) is 147 Å². The Morgan fingerprint density at radius 2 is 0.964 bits per heavy atom. The Labute approximate surface area is 344 Å². The van der Waals surface area contributed by atoms with Crippen LogP contribution in [0.5, 0.6) is 0 Å². The number of allylic oxidation sites excluding steroid dienone is 6. The Bertz CT molecular complexity index is 1050. The predicted molar refractivity (Wildman–Crippen MR) is 231 cm³/mol. The maximum atomic E-state index is 12.7. The lowest BCUT2D eigenvalue weighted by Gasteiger charge is -2.28. The molecule has 328 valence electrons. The second-order valence-electron chi connectivity index (χ2n) is 16.4. The molecule has 0 aliphatic heterocycles. The summed E-state index contributed by atoms with van der Waals surface area (Å²) in [6.07, 6.45) is 43.0. The molecule has 0 saturated carbocycles. The summed E-state index contributed by atoms with van der Waals surface area (Å²) < 4.78 is 33.9. The summed E-state index contributed by atoms with van der Waals surface area (Å²) in [5.41, 5.74) is 0. The fraction of sp³-hybridized carbons (Fsp3) is 0.826. The maximum absolute atomic E-state index is 12.7. The molecule has 0 saturated heterocycles. The minimum Gasteiger partial charge on any atom is -0.756 e. The molecule has 9 nitrogen and oxygen atoms in total. The number of ether oxygens (including phenoxy) is 2. The van der Waals surface area contributed by atoms with E-state index in [1.54, 1.807) is 0 Å². The summed E-state index contributed by atoms with van der Waals surface area (Å²) in [5, 5.41) is 0. The molecule has 0 spiro atoms. The third-order valence-electron chi connectivity index (χ3n) is 9.63. The molecule has 0 aromatic heterocycles. The van der Waals surface area contributed by atoms with Crippen LogP contribution >= 0.6 is 7.82 Å². The fourth-order valence-electron chi connectivity index (χ4n) is 6.03. The molecular formula is C46H86NO8P. The second-order valence-corrected chi connectivity index (χ2v) is 17.8. The number of phosphoric ester groups is 1. The van der Waals surface area contributed by atoms with Crippen molar-refractivity contribution in [3.05, 3.63) is 36.5 Å². The van der Waals surface area contributed by atoms with Gasteiger partial charge in [0, 0.05) is 12.8 Å². The Hall–Kier alpha value is -1.77. The molecule has 0 N–H and O–H groups in total. The van der Waals surface area contributed by atoms with Gasteiger partial charge in [-0.3, -0.25) is 14.2 Å². The first-order valence-corrected chi connectivity index (χ1v) is 24.2. The maximum Gasteiger partial charge on any atom is 0.306 e. The van der Waals surface area contributed by atoms with Crippen LogP contribution in [0.3, 0.4) is 0 Å². The van der Waals surface area contributed by atoms with Crippen LogP contribution in [-0.4, -0.2) is 70.0 Å². The van der Waals surface area contributed by atoms with Crippen molar-refractivity contribution in [2.24, 2.45) is 0 Å². The van der Waals surface area contributed by atoms with Gasteiger partial charge in [-0.05, 0) is 70.6 Å². The first kappa shape index (κ1) is 54.2. The molecule has 1 unspecified atom stereocenters. The van der Waals surface area contributed by atoms with E-state index in [0.29, 0.717) is 17.4 Å². The molecule has 0 aliphatic carbocycles. The minimum absolute atomic E-state index is 0.0331. The third-order valence-corrected chi connectivity index (χ3v) is 10.6. The number of hydrogen-bond donors (Lipinski definition) is 0. The van der Waals surface area contributed by atoms with Gasteiger partial charge in [0.05, 0.1) is 27.7 Å². The number of carbonyl (C=O) groups is 2. The number of phosphoric acid groups is 1. The molecule has 2 atom stereocenters. The van der Waals surface area contributed by atoms with E-state index < -0.39 is 32.5 Å². The number of unbranched alkanes of at least 4 members (excludes halogenated alkanes) is 21. The molecule has 0 heterocycles. The van der Waals surface area contributed by atoms with Crippen LogP contribution in [0.25, 0.3) is 0 Å². The summed E-state index contributed by atoms with van der Waals surface area (Å²) in [7, 11) is 1.16. The van der Waals surface area contributed by atoms with Crippen molar-refractivity contribution in [1.82, 2.24) is 0 Å². The summed E-state index contributed by atoms with van der Waals surface area (Å²) in [5.74, 6) is -0.847. The van der Waals surface area contributed by atoms with Crippen LogP contribution in [0.15, 0.2) is 36.5 Å². The Balaban J connectivity index is 4.35. The number of hydrogen-bond acceptors (Lipinski definition) is 8. The van der Waals surface area contributed by atoms with Crippen LogP contribution in [0.4, 0.5) is 0 Å². The van der Waals surface area contributed by atoms with Crippen LogP contribution in [-0.2, 0) is 32.7 Å². The molecule has 0 bridgehead atoms. The minimum atomic E-state index is -4.63. The van der Waals surface area contributed by atoms with E-state index in [-0.39, 0.29) is 26.1 Å². The van der Waals surface area contributed by atoms with Gasteiger partial charge >= 0.3 is 11.9 Å². The van der Waals surface area contributed by atoms with Crippen LogP contribution in [0.2, 0.25) is 0 Å². The van der Waals surface area contributed by atoms with Crippen LogP contribution in [0.1, 0.15) is 194 Å². The standard InChI is InChI=1S/C46H86NO8P/c1-6-8-10-12-14-16-18-20-22-23-25-26-28-30-32-34-36-38-45(48)52-42-44(43-54-56(50,51)53-41-40-47(3,4)5)55-46(49)39-37-35-33-31-29-27-24-21-19-17-15-13-11-9-7-2/h14,16-17,19-20,22,44H,6-13,15,18,21,23-43H2,1-5H3/b16-14-,19-17-,22-20-/t44-/m1/s1. The normalized spacial score (nSPS) is 13.9. The molecule has 0 amide bonds. The molecule has 0 aliphatic rings. The van der Waals surface area contributed by atoms with E-state index in [4.69, 9.17) is 18.5 Å². The first-order valence-electron chi connectivity index (χ1n) is 22.7. The molecule has 0 rings (SSSR count). The SMILES string of the molecule is CCCCC/C=C\C/C=C\CCCCCCCCCC(=O)OC[C@H](COP(=O)([O-])OCC[N+](C)(C)C)OC(=O)CCCCCCCCC/C=C\CCCCCC. The van der Waals surface area contributed by atoms with E-state index in [0.717, 1.165) is 64.2 Å². The number of likely N-dealkylation sites (N-methyl/N-ethyl adjacent to an activating group) is 1. The quantitative estimate of drug-likeness (QED) is 0.0197. The molecule has 0 radical (unpaired) electrons. The highest BCUT2D eigenvalue weighted by atomic mass is 31.2. The summed E-state index contributed by atoms with van der Waals surface area (Å²) in [6.45, 7) is 4.18. The molecule has 0 fully saturated rings. The van der Waals surface area contributed by atoms with Crippen molar-refractivity contribution in [2.75, 3.05) is 47.5 Å². The van der Waals surface area contributed by atoms with E-state index >= 15 is 0 Å². The lowest BCUT2D eigenvalue weighted by molar-refractivity contribution is -0.870. The lowest BCUT2D eigenvalue weighted by atomic mass is 10.1. The number of carbonyl (C=O) groups excluding carboxylic acids is 2. The Kier molecular flexibility index (Phi) is 37.5. The van der Waals surface area contributed by atoms with Gasteiger partial charge < -0.3 is 27.9 Å². The summed E-state index contributed by atoms with van der Waals surface area (Å²) >= 11 is 0. The van der Waals surface area contributed by atoms with Crippen molar-refractivity contribution >= 4 is 19.8 Å². The molecule has 56 heavy (non-hydrogen) atoms. The van der Waals surface area contributed by atoms with E-state index in [2.05, 4.69) is 50.3 Å². The van der Waals surface area contributed by atoms with Crippen molar-refractivity contribution in [1.29, 1.82) is 0 Å². The zero-order valence-corrected chi connectivity index (χ0v) is 37.7. The number of nitrogens with zero attached hydrogens (tertiary/aromatic N) is 1. The van der Waals surface area contributed by atoms with Crippen molar-refractivity contribution in [3.63, 3.8) is 0 Å². The number of rotatable bonds is 41. The van der Waals surface area contributed by atoms with E-state index in [9.17, 15) is 19.0 Å². The van der Waals surface area contributed by atoms with Gasteiger partial charge in [0.15, 0.2) is 6.10 Å². The van der Waals surface area contributed by atoms with E-state index in [1.165, 1.54) is 96.3 Å². The van der Waals surface area contributed by atoms with Gasteiger partial charge in [-0.25, -0.2) is 0 Å². The third kappa shape index (κ3) is 41.9. The second kappa shape index (κ2) is 38.7. The first-order chi connectivity index (χ1) is 27.0. The van der Waals surface area contributed by atoms with Gasteiger partial charge in [0.1, 0.15) is 19.8 Å². The molecule has 0 aromatic carbocycles. The Morgan fingerprint density at radius 3 is 1.46 bits per heavy atom. The van der Waals surface area contributed by atoms with Crippen molar-refractivity contribution in [3.8, 4) is 0 Å². The zero-order chi connectivity index (χ0) is 41.4. The molecule has 10 heteroatoms. The smallest absolute Gasteiger partial charge is 0.306 e. The van der Waals surface area contributed by atoms with Gasteiger partial charge in [-0.2, -0.15) is 0 Å². The summed E-state index contributed by atoms with van der Waals surface area (Å²) in [4.78, 5) is 37.5. The van der Waals surface area contributed by atoms with Crippen molar-refractivity contribution < 1.29 is 42.1 Å². The van der Waals surface area contributed by atoms with Gasteiger partial charge in [-0.15, -0.1) is 0 Å². The van der Waals surface area contributed by atoms with Crippen molar-refractivity contribution in [2.45, 2.75) is 200 Å². The number of quaternary nitrogens is 1. The number of esters is 2. The highest BCUT2D eigenvalue weighted by molar-refractivity contribution is 7.45. The highest BCUT2D eigenvalue weighted by Gasteiger charge is 2.21. The zero-order valence-electron chi connectivity index (χ0n) is 36.8. The van der Waals surface area contributed by atoms with Crippen LogP contribution < -0.4 is 4.89 Å². The highest BCUT2D eigenvalue weighted by Crippen LogP contribution is 2.38. The predicted octanol–water partition coefficient (Wildman–Crippen LogP) is 12.3. The van der Waals surface area contributed by atoms with Gasteiger partial charge in [0.25, 0.3) is 7.82 Å². The van der Waals surface area contributed by atoms with E-state index in [1.807, 2.05) is 21.1 Å².